The molecule has 0 unspecified atom stereocenters. The van der Waals surface area contributed by atoms with Gasteiger partial charge in [0.05, 0.1) is 4.90 Å². The van der Waals surface area contributed by atoms with Crippen molar-refractivity contribution >= 4 is 15.9 Å². The molecule has 0 saturated carbocycles. The van der Waals surface area contributed by atoms with Crippen LogP contribution in [0, 0.1) is 0 Å². The van der Waals surface area contributed by atoms with Gasteiger partial charge in [0, 0.05) is 25.2 Å². The van der Waals surface area contributed by atoms with Gasteiger partial charge in [-0.05, 0) is 37.6 Å². The van der Waals surface area contributed by atoms with E-state index in [-0.39, 0.29) is 10.8 Å². The number of rotatable bonds is 8. The molecule has 0 fully saturated rings. The minimum absolute atomic E-state index is 0.0571. The molecule has 1 aromatic carbocycles. The predicted octanol–water partition coefficient (Wildman–Crippen LogP) is 2.25. The van der Waals surface area contributed by atoms with E-state index in [0.29, 0.717) is 18.7 Å². The summed E-state index contributed by atoms with van der Waals surface area (Å²) in [6.45, 7) is 7.46. The van der Waals surface area contributed by atoms with Crippen LogP contribution in [0.4, 0.5) is 0 Å². The van der Waals surface area contributed by atoms with Gasteiger partial charge in [-0.2, -0.15) is 0 Å². The van der Waals surface area contributed by atoms with E-state index >= 15 is 0 Å². The highest BCUT2D eigenvalue weighted by Gasteiger charge is 2.16. The standard InChI is InChI=1S/C15H24N2O3S/c1-4-7-12-17(6-3)15(18)13-8-10-14(11-9-13)21(19,20)16-5-2/h8-11,16H,4-7,12H2,1-3H3. The summed E-state index contributed by atoms with van der Waals surface area (Å²) in [5.74, 6) is -0.0571. The van der Waals surface area contributed by atoms with Gasteiger partial charge in [-0.15, -0.1) is 0 Å². The molecule has 0 aliphatic carbocycles. The van der Waals surface area contributed by atoms with Gasteiger partial charge in [0.15, 0.2) is 0 Å². The quantitative estimate of drug-likeness (QED) is 0.800. The first kappa shape index (κ1) is 17.7. The summed E-state index contributed by atoms with van der Waals surface area (Å²) in [5.41, 5.74) is 0.517. The fraction of sp³-hybridized carbons (Fsp3) is 0.533. The summed E-state index contributed by atoms with van der Waals surface area (Å²) in [5, 5.41) is 0. The lowest BCUT2D eigenvalue weighted by Crippen LogP contribution is -2.31. The largest absolute Gasteiger partial charge is 0.339 e. The minimum atomic E-state index is -3.47. The first-order chi connectivity index (χ1) is 9.96. The van der Waals surface area contributed by atoms with Gasteiger partial charge < -0.3 is 4.90 Å². The number of nitrogens with zero attached hydrogens (tertiary/aromatic N) is 1. The molecule has 0 radical (unpaired) electrons. The van der Waals surface area contributed by atoms with Gasteiger partial charge in [0.1, 0.15) is 0 Å². The van der Waals surface area contributed by atoms with Crippen molar-refractivity contribution in [3.05, 3.63) is 29.8 Å². The molecular weight excluding hydrogens is 288 g/mol. The molecule has 0 atom stereocenters. The third kappa shape index (κ3) is 4.82. The zero-order chi connectivity index (χ0) is 15.9. The summed E-state index contributed by atoms with van der Waals surface area (Å²) < 4.78 is 26.1. The van der Waals surface area contributed by atoms with E-state index in [2.05, 4.69) is 11.6 Å². The Bertz CT molecular complexity index is 553. The number of benzene rings is 1. The van der Waals surface area contributed by atoms with E-state index in [1.807, 2.05) is 6.92 Å². The molecule has 1 rings (SSSR count). The van der Waals surface area contributed by atoms with E-state index in [1.54, 1.807) is 24.0 Å². The van der Waals surface area contributed by atoms with Crippen molar-refractivity contribution in [2.24, 2.45) is 0 Å². The Morgan fingerprint density at radius 2 is 1.76 bits per heavy atom. The fourth-order valence-electron chi connectivity index (χ4n) is 1.98. The number of nitrogens with one attached hydrogen (secondary N) is 1. The normalized spacial score (nSPS) is 11.4. The smallest absolute Gasteiger partial charge is 0.253 e. The van der Waals surface area contributed by atoms with Crippen LogP contribution in [0.25, 0.3) is 0 Å². The van der Waals surface area contributed by atoms with Crippen molar-refractivity contribution < 1.29 is 13.2 Å². The number of amides is 1. The van der Waals surface area contributed by atoms with Crippen molar-refractivity contribution in [3.8, 4) is 0 Å². The topological polar surface area (TPSA) is 66.5 Å². The zero-order valence-electron chi connectivity index (χ0n) is 12.9. The number of carbonyl (C=O) groups is 1. The van der Waals surface area contributed by atoms with Crippen molar-refractivity contribution in [2.45, 2.75) is 38.5 Å². The predicted molar refractivity (Wildman–Crippen MR) is 83.8 cm³/mol. The summed E-state index contributed by atoms with van der Waals surface area (Å²) in [6, 6.07) is 6.08. The molecule has 1 aromatic rings. The third-order valence-electron chi connectivity index (χ3n) is 3.20. The molecule has 118 valence electrons. The maximum absolute atomic E-state index is 12.3. The molecule has 0 spiro atoms. The van der Waals surface area contributed by atoms with Gasteiger partial charge in [-0.3, -0.25) is 4.79 Å². The van der Waals surface area contributed by atoms with E-state index in [0.717, 1.165) is 19.4 Å². The molecule has 0 aliphatic rings. The van der Waals surface area contributed by atoms with E-state index in [4.69, 9.17) is 0 Å². The van der Waals surface area contributed by atoms with E-state index in [1.165, 1.54) is 12.1 Å². The van der Waals surface area contributed by atoms with Crippen LogP contribution in [0.1, 0.15) is 44.0 Å². The molecule has 21 heavy (non-hydrogen) atoms. The van der Waals surface area contributed by atoms with Crippen molar-refractivity contribution in [3.63, 3.8) is 0 Å². The highest BCUT2D eigenvalue weighted by Crippen LogP contribution is 2.12. The molecule has 0 saturated heterocycles. The van der Waals surface area contributed by atoms with Crippen molar-refractivity contribution in [1.29, 1.82) is 0 Å². The molecule has 0 aliphatic heterocycles. The molecule has 0 heterocycles. The molecule has 0 aromatic heterocycles. The number of hydrogen-bond acceptors (Lipinski definition) is 3. The fourth-order valence-corrected chi connectivity index (χ4v) is 3.03. The highest BCUT2D eigenvalue weighted by molar-refractivity contribution is 7.89. The van der Waals surface area contributed by atoms with Crippen LogP contribution >= 0.6 is 0 Å². The van der Waals surface area contributed by atoms with Crippen LogP contribution in [-0.2, 0) is 10.0 Å². The van der Waals surface area contributed by atoms with Crippen molar-refractivity contribution in [2.75, 3.05) is 19.6 Å². The minimum Gasteiger partial charge on any atom is -0.339 e. The Kier molecular flexibility index (Phi) is 6.84. The Labute approximate surface area is 127 Å². The summed E-state index contributed by atoms with van der Waals surface area (Å²) in [6.07, 6.45) is 2.00. The Hall–Kier alpha value is -1.40. The Morgan fingerprint density at radius 3 is 2.24 bits per heavy atom. The molecule has 1 N–H and O–H groups in total. The summed E-state index contributed by atoms with van der Waals surface area (Å²) in [4.78, 5) is 14.3. The Balaban J connectivity index is 2.89. The first-order valence-electron chi connectivity index (χ1n) is 7.35. The van der Waals surface area contributed by atoms with Crippen LogP contribution in [0.15, 0.2) is 29.2 Å². The number of hydrogen-bond donors (Lipinski definition) is 1. The van der Waals surface area contributed by atoms with Crippen LogP contribution < -0.4 is 4.72 Å². The molecule has 1 amide bonds. The Morgan fingerprint density at radius 1 is 1.14 bits per heavy atom. The van der Waals surface area contributed by atoms with Crippen LogP contribution in [0.3, 0.4) is 0 Å². The first-order valence-corrected chi connectivity index (χ1v) is 8.83. The maximum atomic E-state index is 12.3. The van der Waals surface area contributed by atoms with Crippen LogP contribution in [-0.4, -0.2) is 38.9 Å². The average molecular weight is 312 g/mol. The lowest BCUT2D eigenvalue weighted by atomic mass is 10.2. The van der Waals surface area contributed by atoms with Crippen molar-refractivity contribution in [1.82, 2.24) is 9.62 Å². The second-order valence-electron chi connectivity index (χ2n) is 4.76. The van der Waals surface area contributed by atoms with E-state index in [9.17, 15) is 13.2 Å². The zero-order valence-corrected chi connectivity index (χ0v) is 13.7. The van der Waals surface area contributed by atoms with E-state index < -0.39 is 10.0 Å². The molecule has 6 heteroatoms. The lowest BCUT2D eigenvalue weighted by molar-refractivity contribution is 0.0762. The second-order valence-corrected chi connectivity index (χ2v) is 6.53. The SMILES string of the molecule is CCCCN(CC)C(=O)c1ccc(S(=O)(=O)NCC)cc1. The van der Waals surface area contributed by atoms with Crippen LogP contribution in [0.5, 0.6) is 0 Å². The number of carbonyl (C=O) groups excluding carboxylic acids is 1. The maximum Gasteiger partial charge on any atom is 0.253 e. The van der Waals surface area contributed by atoms with Gasteiger partial charge in [-0.25, -0.2) is 13.1 Å². The molecule has 5 nitrogen and oxygen atoms in total. The van der Waals surface area contributed by atoms with Crippen LogP contribution in [0.2, 0.25) is 0 Å². The van der Waals surface area contributed by atoms with Gasteiger partial charge in [0.2, 0.25) is 10.0 Å². The number of sulfonamides is 1. The second kappa shape index (κ2) is 8.14. The number of unbranched alkanes of at least 4 members (excludes halogenated alkanes) is 1. The van der Waals surface area contributed by atoms with Gasteiger partial charge >= 0.3 is 0 Å². The molecule has 0 bridgehead atoms. The lowest BCUT2D eigenvalue weighted by Gasteiger charge is -2.20. The third-order valence-corrected chi connectivity index (χ3v) is 4.76. The monoisotopic (exact) mass is 312 g/mol. The summed E-state index contributed by atoms with van der Waals surface area (Å²) >= 11 is 0. The highest BCUT2D eigenvalue weighted by atomic mass is 32.2. The van der Waals surface area contributed by atoms with Gasteiger partial charge in [0.25, 0.3) is 5.91 Å². The summed E-state index contributed by atoms with van der Waals surface area (Å²) in [7, 11) is -3.47. The average Bonchev–Trinajstić information content (AvgIpc) is 2.48. The van der Waals surface area contributed by atoms with Gasteiger partial charge in [-0.1, -0.05) is 20.3 Å². The molecular formula is C15H24N2O3S.